The van der Waals surface area contributed by atoms with Gasteiger partial charge in [0.1, 0.15) is 5.76 Å². The molecule has 0 aromatic carbocycles. The van der Waals surface area contributed by atoms with E-state index < -0.39 is 0 Å². The Morgan fingerprint density at radius 1 is 1.11 bits per heavy atom. The van der Waals surface area contributed by atoms with Crippen LogP contribution in [0, 0.1) is 11.8 Å². The maximum Gasteiger partial charge on any atom is 0.112 e. The van der Waals surface area contributed by atoms with E-state index in [1.165, 1.54) is 44.1 Å². The first-order valence-corrected chi connectivity index (χ1v) is 7.94. The van der Waals surface area contributed by atoms with Gasteiger partial charge in [-0.2, -0.15) is 0 Å². The summed E-state index contributed by atoms with van der Waals surface area (Å²) in [6.07, 6.45) is 10.0. The van der Waals surface area contributed by atoms with Crippen molar-refractivity contribution in [2.24, 2.45) is 11.8 Å². The Bertz CT molecular complexity index is 263. The summed E-state index contributed by atoms with van der Waals surface area (Å²) in [6, 6.07) is 0. The van der Waals surface area contributed by atoms with Gasteiger partial charge in [0.05, 0.1) is 6.61 Å². The van der Waals surface area contributed by atoms with Gasteiger partial charge < -0.3 is 4.74 Å². The predicted molar refractivity (Wildman–Crippen MR) is 86.2 cm³/mol. The number of ether oxygens (including phenoxy) is 1. The van der Waals surface area contributed by atoms with Gasteiger partial charge in [0.25, 0.3) is 0 Å². The van der Waals surface area contributed by atoms with Crippen LogP contribution in [0.4, 0.5) is 0 Å². The Kier molecular flexibility index (Phi) is 10.7. The molecule has 0 heterocycles. The van der Waals surface area contributed by atoms with Gasteiger partial charge in [-0.1, -0.05) is 58.6 Å². The number of hydrogen-bond donors (Lipinski definition) is 0. The molecule has 0 aliphatic rings. The normalized spacial score (nSPS) is 13.7. The molecule has 0 saturated carbocycles. The van der Waals surface area contributed by atoms with Crippen LogP contribution in [-0.4, -0.2) is 6.61 Å². The van der Waals surface area contributed by atoms with Crippen molar-refractivity contribution in [1.29, 1.82) is 0 Å². The Morgan fingerprint density at radius 2 is 1.74 bits per heavy atom. The highest BCUT2D eigenvalue weighted by molar-refractivity contribution is 5.14. The van der Waals surface area contributed by atoms with Crippen molar-refractivity contribution in [2.75, 3.05) is 6.61 Å². The first kappa shape index (κ1) is 18.3. The van der Waals surface area contributed by atoms with Gasteiger partial charge in [-0.3, -0.25) is 0 Å². The Labute approximate surface area is 121 Å². The van der Waals surface area contributed by atoms with Crippen LogP contribution >= 0.6 is 0 Å². The molecule has 0 aromatic heterocycles. The molecule has 1 unspecified atom stereocenters. The number of hydrogen-bond acceptors (Lipinski definition) is 1. The van der Waals surface area contributed by atoms with Gasteiger partial charge in [-0.25, -0.2) is 0 Å². The van der Waals surface area contributed by atoms with Crippen molar-refractivity contribution in [3.8, 4) is 0 Å². The summed E-state index contributed by atoms with van der Waals surface area (Å²) in [6.45, 7) is 15.8. The molecule has 112 valence electrons. The fourth-order valence-corrected chi connectivity index (χ4v) is 2.32. The molecule has 0 rings (SSSR count). The third kappa shape index (κ3) is 12.1. The summed E-state index contributed by atoms with van der Waals surface area (Å²) in [7, 11) is 0. The van der Waals surface area contributed by atoms with Crippen LogP contribution in [0.2, 0.25) is 0 Å². The zero-order chi connectivity index (χ0) is 14.7. The van der Waals surface area contributed by atoms with Gasteiger partial charge in [-0.15, -0.1) is 0 Å². The molecule has 0 spiro atoms. The first-order chi connectivity index (χ1) is 8.95. The van der Waals surface area contributed by atoms with E-state index in [0.29, 0.717) is 6.61 Å². The summed E-state index contributed by atoms with van der Waals surface area (Å²) >= 11 is 0. The second-order valence-electron chi connectivity index (χ2n) is 6.21. The minimum Gasteiger partial charge on any atom is -0.495 e. The number of allylic oxidation sites excluding steroid dienone is 2. The van der Waals surface area contributed by atoms with E-state index in [0.717, 1.165) is 17.6 Å². The Balaban J connectivity index is 3.68. The van der Waals surface area contributed by atoms with Crippen LogP contribution in [0.3, 0.4) is 0 Å². The lowest BCUT2D eigenvalue weighted by Crippen LogP contribution is -1.97. The van der Waals surface area contributed by atoms with E-state index in [1.807, 2.05) is 6.92 Å². The Hall–Kier alpha value is -0.720. The van der Waals surface area contributed by atoms with Crippen LogP contribution < -0.4 is 0 Å². The van der Waals surface area contributed by atoms with E-state index in [9.17, 15) is 0 Å². The molecule has 0 aromatic rings. The van der Waals surface area contributed by atoms with Crippen LogP contribution in [-0.2, 0) is 4.74 Å². The second kappa shape index (κ2) is 11.1. The Morgan fingerprint density at radius 3 is 2.32 bits per heavy atom. The minimum absolute atomic E-state index is 0.704. The molecule has 0 aliphatic heterocycles. The molecule has 19 heavy (non-hydrogen) atoms. The molecule has 0 amide bonds. The van der Waals surface area contributed by atoms with Gasteiger partial charge in [0.2, 0.25) is 0 Å². The highest BCUT2D eigenvalue weighted by Crippen LogP contribution is 2.19. The zero-order valence-electron chi connectivity index (χ0n) is 13.8. The lowest BCUT2D eigenvalue weighted by Gasteiger charge is -2.12. The average Bonchev–Trinajstić information content (AvgIpc) is 2.28. The van der Waals surface area contributed by atoms with Crippen LogP contribution in [0.25, 0.3) is 0 Å². The number of rotatable bonds is 11. The first-order valence-electron chi connectivity index (χ1n) is 7.94. The van der Waals surface area contributed by atoms with Crippen molar-refractivity contribution in [3.63, 3.8) is 0 Å². The zero-order valence-corrected chi connectivity index (χ0v) is 13.8. The molecule has 1 atom stereocenters. The lowest BCUT2D eigenvalue weighted by atomic mass is 9.94. The lowest BCUT2D eigenvalue weighted by molar-refractivity contribution is 0.243. The fourth-order valence-electron chi connectivity index (χ4n) is 2.32. The molecule has 0 bridgehead atoms. The highest BCUT2D eigenvalue weighted by Gasteiger charge is 2.03. The molecule has 1 heteroatoms. The largest absolute Gasteiger partial charge is 0.495 e. The van der Waals surface area contributed by atoms with Gasteiger partial charge in [-0.05, 0) is 44.6 Å². The minimum atomic E-state index is 0.704. The summed E-state index contributed by atoms with van der Waals surface area (Å²) in [5, 5.41) is 0. The van der Waals surface area contributed by atoms with E-state index in [-0.39, 0.29) is 0 Å². The molecule has 0 aliphatic carbocycles. The summed E-state index contributed by atoms with van der Waals surface area (Å²) in [4.78, 5) is 0. The quantitative estimate of drug-likeness (QED) is 0.323. The standard InChI is InChI=1S/C18H34O/c1-7-19-18(6)14-17(5)13-9-12-16(4)11-8-10-15(2)3/h14-16H,6-13H2,1-5H3. The molecule has 0 radical (unpaired) electrons. The van der Waals surface area contributed by atoms with Crippen LogP contribution in [0.5, 0.6) is 0 Å². The molecule has 1 nitrogen and oxygen atoms in total. The van der Waals surface area contributed by atoms with Crippen molar-refractivity contribution >= 4 is 0 Å². The van der Waals surface area contributed by atoms with E-state index in [4.69, 9.17) is 4.74 Å². The second-order valence-corrected chi connectivity index (χ2v) is 6.21. The molecular formula is C18H34O. The molecular weight excluding hydrogens is 232 g/mol. The molecule has 0 fully saturated rings. The summed E-state index contributed by atoms with van der Waals surface area (Å²) < 4.78 is 5.34. The van der Waals surface area contributed by atoms with Crippen molar-refractivity contribution in [1.82, 2.24) is 0 Å². The van der Waals surface area contributed by atoms with E-state index in [1.54, 1.807) is 0 Å². The SMILES string of the molecule is C=C(C=C(C)CCCC(C)CCCC(C)C)OCC. The highest BCUT2D eigenvalue weighted by atomic mass is 16.5. The third-order valence-electron chi connectivity index (χ3n) is 3.48. The van der Waals surface area contributed by atoms with Crippen molar-refractivity contribution in [3.05, 3.63) is 24.0 Å². The predicted octanol–water partition coefficient (Wildman–Crippen LogP) is 6.12. The van der Waals surface area contributed by atoms with E-state index in [2.05, 4.69) is 40.3 Å². The molecule has 0 N–H and O–H groups in total. The van der Waals surface area contributed by atoms with Crippen molar-refractivity contribution in [2.45, 2.75) is 73.1 Å². The van der Waals surface area contributed by atoms with Gasteiger partial charge in [0, 0.05) is 0 Å². The fraction of sp³-hybridized carbons (Fsp3) is 0.778. The average molecular weight is 266 g/mol. The van der Waals surface area contributed by atoms with E-state index >= 15 is 0 Å². The monoisotopic (exact) mass is 266 g/mol. The smallest absolute Gasteiger partial charge is 0.112 e. The van der Waals surface area contributed by atoms with Gasteiger partial charge in [0.15, 0.2) is 0 Å². The summed E-state index contributed by atoms with van der Waals surface area (Å²) in [5.41, 5.74) is 1.38. The van der Waals surface area contributed by atoms with Crippen molar-refractivity contribution < 1.29 is 4.74 Å². The topological polar surface area (TPSA) is 9.23 Å². The third-order valence-corrected chi connectivity index (χ3v) is 3.48. The van der Waals surface area contributed by atoms with Gasteiger partial charge >= 0.3 is 0 Å². The van der Waals surface area contributed by atoms with Crippen LogP contribution in [0.1, 0.15) is 73.1 Å². The maximum atomic E-state index is 5.34. The summed E-state index contributed by atoms with van der Waals surface area (Å²) in [5.74, 6) is 2.51. The maximum absolute atomic E-state index is 5.34. The molecule has 0 saturated heterocycles. The van der Waals surface area contributed by atoms with Crippen LogP contribution in [0.15, 0.2) is 24.0 Å².